The van der Waals surface area contributed by atoms with Crippen molar-refractivity contribution in [1.82, 2.24) is 5.32 Å². The van der Waals surface area contributed by atoms with E-state index in [0.29, 0.717) is 6.61 Å². The fourth-order valence-corrected chi connectivity index (χ4v) is 5.72. The molecule has 2 aliphatic heterocycles. The standard InChI is InChI=1S/C22H23N3O2S/c1-3-27-16-9-8-13-6-4-5-7-14(13)18(16)20-23-21(26)19-15-10-11-25(2)12-17(15)28-22(19)24-20/h4-9,20,24H,3,10-12H2,1-2H3,(H,23,26)/p+1/t20-/m1/s1. The fraction of sp³-hybridized carbons (Fsp3) is 0.318. The third-order valence-electron chi connectivity index (χ3n) is 5.65. The quantitative estimate of drug-likeness (QED) is 0.640. The number of ether oxygens (including phenoxy) is 1. The van der Waals surface area contributed by atoms with Gasteiger partial charge in [-0.3, -0.25) is 4.79 Å². The maximum Gasteiger partial charge on any atom is 0.256 e. The molecule has 28 heavy (non-hydrogen) atoms. The number of likely N-dealkylation sites (N-methyl/N-ethyl adjacent to an activating group) is 1. The molecule has 0 aliphatic carbocycles. The molecular weight excluding hydrogens is 370 g/mol. The van der Waals surface area contributed by atoms with Gasteiger partial charge in [-0.2, -0.15) is 0 Å². The molecule has 0 radical (unpaired) electrons. The molecule has 0 bridgehead atoms. The summed E-state index contributed by atoms with van der Waals surface area (Å²) in [4.78, 5) is 15.9. The lowest BCUT2D eigenvalue weighted by Gasteiger charge is -2.29. The molecule has 1 unspecified atom stereocenters. The van der Waals surface area contributed by atoms with Crippen LogP contribution in [0.15, 0.2) is 36.4 Å². The Hall–Kier alpha value is -2.57. The van der Waals surface area contributed by atoms with Crippen LogP contribution in [0.25, 0.3) is 10.8 Å². The number of anilines is 1. The zero-order valence-electron chi connectivity index (χ0n) is 16.1. The molecule has 0 fully saturated rings. The summed E-state index contributed by atoms with van der Waals surface area (Å²) in [5, 5.41) is 10.0. The lowest BCUT2D eigenvalue weighted by atomic mass is 9.98. The molecule has 2 atom stereocenters. The van der Waals surface area contributed by atoms with Gasteiger partial charge in [0.1, 0.15) is 23.5 Å². The zero-order valence-corrected chi connectivity index (χ0v) is 16.9. The van der Waals surface area contributed by atoms with Crippen LogP contribution < -0.4 is 20.3 Å². The first-order valence-corrected chi connectivity index (χ1v) is 10.6. The normalized spacial score (nSPS) is 20.9. The van der Waals surface area contributed by atoms with E-state index < -0.39 is 0 Å². The molecule has 3 N–H and O–H groups in total. The third-order valence-corrected chi connectivity index (χ3v) is 6.82. The minimum atomic E-state index is -0.308. The summed E-state index contributed by atoms with van der Waals surface area (Å²) >= 11 is 1.73. The number of carbonyl (C=O) groups excluding carboxylic acids is 1. The maximum atomic E-state index is 13.1. The summed E-state index contributed by atoms with van der Waals surface area (Å²) < 4.78 is 5.93. The van der Waals surface area contributed by atoms with E-state index in [9.17, 15) is 4.79 Å². The molecule has 3 heterocycles. The van der Waals surface area contributed by atoms with Crippen molar-refractivity contribution in [3.63, 3.8) is 0 Å². The highest BCUT2D eigenvalue weighted by Crippen LogP contribution is 2.42. The summed E-state index contributed by atoms with van der Waals surface area (Å²) in [5.41, 5.74) is 3.08. The number of quaternary nitrogens is 1. The number of thiophene rings is 1. The van der Waals surface area contributed by atoms with Crippen molar-refractivity contribution < 1.29 is 14.4 Å². The Kier molecular flexibility index (Phi) is 4.25. The number of benzene rings is 2. The Morgan fingerprint density at radius 3 is 2.93 bits per heavy atom. The zero-order chi connectivity index (χ0) is 19.3. The van der Waals surface area contributed by atoms with Crippen molar-refractivity contribution in [2.45, 2.75) is 26.1 Å². The average molecular weight is 395 g/mol. The maximum absolute atomic E-state index is 13.1. The monoisotopic (exact) mass is 394 g/mol. The second-order valence-corrected chi connectivity index (χ2v) is 8.63. The molecule has 0 saturated heterocycles. The van der Waals surface area contributed by atoms with Gasteiger partial charge in [0, 0.05) is 12.0 Å². The van der Waals surface area contributed by atoms with Gasteiger partial charge < -0.3 is 20.3 Å². The van der Waals surface area contributed by atoms with E-state index >= 15 is 0 Å². The minimum absolute atomic E-state index is 0.0196. The van der Waals surface area contributed by atoms with Crippen molar-refractivity contribution >= 4 is 33.0 Å². The van der Waals surface area contributed by atoms with E-state index in [0.717, 1.165) is 52.2 Å². The number of rotatable bonds is 3. The van der Waals surface area contributed by atoms with Crippen LogP contribution in [0, 0.1) is 0 Å². The molecule has 0 saturated carbocycles. The van der Waals surface area contributed by atoms with Gasteiger partial charge in [-0.25, -0.2) is 0 Å². The van der Waals surface area contributed by atoms with Crippen LogP contribution in [0.1, 0.15) is 39.5 Å². The molecule has 144 valence electrons. The van der Waals surface area contributed by atoms with Gasteiger partial charge in [0.05, 0.1) is 30.6 Å². The molecular formula is C22H24N3O2S+. The number of fused-ring (bicyclic) bond motifs is 4. The molecule has 2 aromatic carbocycles. The third kappa shape index (κ3) is 2.75. The SMILES string of the molecule is CCOc1ccc2ccccc2c1[C@@H]1NC(=O)c2c(sc3c2CC[NH+](C)C3)N1. The Labute approximate surface area is 168 Å². The Morgan fingerprint density at radius 2 is 2.07 bits per heavy atom. The predicted molar refractivity (Wildman–Crippen MR) is 112 cm³/mol. The van der Waals surface area contributed by atoms with Gasteiger partial charge in [-0.1, -0.05) is 30.3 Å². The lowest BCUT2D eigenvalue weighted by Crippen LogP contribution is -3.08. The van der Waals surface area contributed by atoms with Gasteiger partial charge in [-0.05, 0) is 29.3 Å². The molecule has 3 aromatic rings. The molecule has 0 spiro atoms. The van der Waals surface area contributed by atoms with Gasteiger partial charge in [-0.15, -0.1) is 11.3 Å². The molecule has 2 aliphatic rings. The van der Waals surface area contributed by atoms with Crippen molar-refractivity contribution in [3.05, 3.63) is 58.0 Å². The highest BCUT2D eigenvalue weighted by Gasteiger charge is 2.35. The van der Waals surface area contributed by atoms with Crippen LogP contribution in [-0.4, -0.2) is 26.1 Å². The second-order valence-electron chi connectivity index (χ2n) is 7.52. The van der Waals surface area contributed by atoms with Gasteiger partial charge in [0.2, 0.25) is 0 Å². The summed E-state index contributed by atoms with van der Waals surface area (Å²) in [5.74, 6) is 0.833. The first-order chi connectivity index (χ1) is 13.7. The van der Waals surface area contributed by atoms with Gasteiger partial charge in [0.25, 0.3) is 5.91 Å². The molecule has 6 heteroatoms. The van der Waals surface area contributed by atoms with Crippen molar-refractivity contribution in [1.29, 1.82) is 0 Å². The Balaban J connectivity index is 1.61. The Morgan fingerprint density at radius 1 is 1.21 bits per heavy atom. The number of nitrogens with one attached hydrogen (secondary N) is 3. The van der Waals surface area contributed by atoms with E-state index in [1.54, 1.807) is 11.3 Å². The largest absolute Gasteiger partial charge is 0.493 e. The topological polar surface area (TPSA) is 54.8 Å². The fourth-order valence-electron chi connectivity index (χ4n) is 4.33. The van der Waals surface area contributed by atoms with Crippen LogP contribution >= 0.6 is 11.3 Å². The summed E-state index contributed by atoms with van der Waals surface area (Å²) in [6, 6.07) is 12.3. The molecule has 1 amide bonds. The van der Waals surface area contributed by atoms with Crippen molar-refractivity contribution in [2.24, 2.45) is 0 Å². The minimum Gasteiger partial charge on any atom is -0.493 e. The van der Waals surface area contributed by atoms with Crippen LogP contribution in [0.3, 0.4) is 0 Å². The van der Waals surface area contributed by atoms with Crippen LogP contribution in [0.2, 0.25) is 0 Å². The average Bonchev–Trinajstić information content (AvgIpc) is 3.05. The lowest BCUT2D eigenvalue weighted by molar-refractivity contribution is -0.895. The van der Waals surface area contributed by atoms with E-state index in [4.69, 9.17) is 4.74 Å². The van der Waals surface area contributed by atoms with Crippen LogP contribution in [0.4, 0.5) is 5.00 Å². The van der Waals surface area contributed by atoms with Gasteiger partial charge in [0.15, 0.2) is 0 Å². The summed E-state index contributed by atoms with van der Waals surface area (Å²) in [6.45, 7) is 4.63. The van der Waals surface area contributed by atoms with Crippen molar-refractivity contribution in [2.75, 3.05) is 25.5 Å². The predicted octanol–water partition coefficient (Wildman–Crippen LogP) is 2.72. The number of hydrogen-bond donors (Lipinski definition) is 3. The van der Waals surface area contributed by atoms with Crippen molar-refractivity contribution in [3.8, 4) is 5.75 Å². The highest BCUT2D eigenvalue weighted by atomic mass is 32.1. The van der Waals surface area contributed by atoms with E-state index in [1.807, 2.05) is 25.1 Å². The van der Waals surface area contributed by atoms with E-state index in [2.05, 4.69) is 35.9 Å². The Bertz CT molecular complexity index is 1080. The number of amides is 1. The van der Waals surface area contributed by atoms with E-state index in [-0.39, 0.29) is 12.1 Å². The van der Waals surface area contributed by atoms with Crippen LogP contribution in [0.5, 0.6) is 5.75 Å². The molecule has 1 aromatic heterocycles. The second kappa shape index (κ2) is 6.79. The van der Waals surface area contributed by atoms with Gasteiger partial charge >= 0.3 is 0 Å². The molecule has 5 nitrogen and oxygen atoms in total. The first-order valence-electron chi connectivity index (χ1n) is 9.83. The first kappa shape index (κ1) is 17.5. The summed E-state index contributed by atoms with van der Waals surface area (Å²) in [6.07, 6.45) is 0.656. The number of hydrogen-bond acceptors (Lipinski definition) is 4. The highest BCUT2D eigenvalue weighted by molar-refractivity contribution is 7.16. The summed E-state index contributed by atoms with van der Waals surface area (Å²) in [7, 11) is 2.21. The smallest absolute Gasteiger partial charge is 0.256 e. The van der Waals surface area contributed by atoms with E-state index in [1.165, 1.54) is 15.3 Å². The number of carbonyl (C=O) groups is 1. The molecule has 5 rings (SSSR count). The van der Waals surface area contributed by atoms with Crippen LogP contribution in [-0.2, 0) is 13.0 Å².